The van der Waals surface area contributed by atoms with E-state index in [4.69, 9.17) is 4.74 Å². The maximum atomic E-state index is 12.1. The van der Waals surface area contributed by atoms with Crippen LogP contribution < -0.4 is 10.1 Å². The van der Waals surface area contributed by atoms with Crippen LogP contribution >= 0.6 is 0 Å². The number of amides is 1. The molecule has 0 aliphatic carbocycles. The summed E-state index contributed by atoms with van der Waals surface area (Å²) in [6.07, 6.45) is 4.30. The number of rotatable bonds is 5. The highest BCUT2D eigenvalue weighted by molar-refractivity contribution is 5.92. The number of aromatic nitrogens is 1. The summed E-state index contributed by atoms with van der Waals surface area (Å²) in [5, 5.41) is 2.91. The maximum Gasteiger partial charge on any atom is 0.228 e. The van der Waals surface area contributed by atoms with Crippen molar-refractivity contribution in [3.8, 4) is 11.4 Å². The average molecular weight is 306 g/mol. The zero-order valence-corrected chi connectivity index (χ0v) is 12.9. The lowest BCUT2D eigenvalue weighted by molar-refractivity contribution is -0.115. The van der Waals surface area contributed by atoms with Crippen molar-refractivity contribution in [2.24, 2.45) is 0 Å². The number of benzene rings is 2. The summed E-state index contributed by atoms with van der Waals surface area (Å²) in [4.78, 5) is 12.1. The van der Waals surface area contributed by atoms with Gasteiger partial charge in [-0.1, -0.05) is 12.1 Å². The van der Waals surface area contributed by atoms with Crippen LogP contribution in [0.5, 0.6) is 5.75 Å². The molecule has 3 rings (SSSR count). The van der Waals surface area contributed by atoms with E-state index >= 15 is 0 Å². The molecule has 0 radical (unpaired) electrons. The largest absolute Gasteiger partial charge is 0.497 e. The van der Waals surface area contributed by atoms with Crippen LogP contribution in [0.15, 0.2) is 73.1 Å². The number of carbonyl (C=O) groups excluding carboxylic acids is 1. The van der Waals surface area contributed by atoms with Gasteiger partial charge in [-0.15, -0.1) is 0 Å². The predicted molar refractivity (Wildman–Crippen MR) is 91.1 cm³/mol. The van der Waals surface area contributed by atoms with Crippen molar-refractivity contribution in [3.63, 3.8) is 0 Å². The van der Waals surface area contributed by atoms with Crippen LogP contribution in [0.3, 0.4) is 0 Å². The Kier molecular flexibility index (Phi) is 4.43. The minimum Gasteiger partial charge on any atom is -0.497 e. The topological polar surface area (TPSA) is 43.3 Å². The Morgan fingerprint density at radius 2 is 1.65 bits per heavy atom. The maximum absolute atomic E-state index is 12.1. The first-order valence-electron chi connectivity index (χ1n) is 7.41. The molecule has 1 N–H and O–H groups in total. The van der Waals surface area contributed by atoms with Crippen molar-refractivity contribution >= 4 is 11.6 Å². The molecule has 0 aliphatic rings. The Hall–Kier alpha value is -3.01. The predicted octanol–water partition coefficient (Wildman–Crippen LogP) is 3.67. The number of methoxy groups -OCH3 is 1. The van der Waals surface area contributed by atoms with Crippen LogP contribution in [0, 0.1) is 0 Å². The molecule has 0 saturated carbocycles. The highest BCUT2D eigenvalue weighted by Crippen LogP contribution is 2.15. The fourth-order valence-corrected chi connectivity index (χ4v) is 2.36. The van der Waals surface area contributed by atoms with Gasteiger partial charge in [0.15, 0.2) is 0 Å². The standard InChI is InChI=1S/C19H18N2O2/c1-23-18-10-4-15(5-11-18)14-19(22)20-16-6-8-17(9-7-16)21-12-2-3-13-21/h2-13H,14H2,1H3,(H,20,22). The van der Waals surface area contributed by atoms with Gasteiger partial charge in [0.05, 0.1) is 13.5 Å². The van der Waals surface area contributed by atoms with E-state index in [9.17, 15) is 4.79 Å². The van der Waals surface area contributed by atoms with Gasteiger partial charge in [0.2, 0.25) is 5.91 Å². The van der Waals surface area contributed by atoms with E-state index in [0.717, 1.165) is 22.7 Å². The van der Waals surface area contributed by atoms with Gasteiger partial charge in [-0.3, -0.25) is 4.79 Å². The summed E-state index contributed by atoms with van der Waals surface area (Å²) in [5.41, 5.74) is 2.80. The first-order valence-corrected chi connectivity index (χ1v) is 7.41. The van der Waals surface area contributed by atoms with Gasteiger partial charge in [0.1, 0.15) is 5.75 Å². The average Bonchev–Trinajstić information content (AvgIpc) is 3.11. The van der Waals surface area contributed by atoms with Crippen LogP contribution in [0.4, 0.5) is 5.69 Å². The smallest absolute Gasteiger partial charge is 0.228 e. The molecule has 1 heterocycles. The number of ether oxygens (including phenoxy) is 1. The fourth-order valence-electron chi connectivity index (χ4n) is 2.36. The number of hydrogen-bond donors (Lipinski definition) is 1. The molecule has 0 unspecified atom stereocenters. The SMILES string of the molecule is COc1ccc(CC(=O)Nc2ccc(-n3cccc3)cc2)cc1. The quantitative estimate of drug-likeness (QED) is 0.781. The van der Waals surface area contributed by atoms with Gasteiger partial charge in [0, 0.05) is 23.8 Å². The fraction of sp³-hybridized carbons (Fsp3) is 0.105. The molecule has 0 saturated heterocycles. The van der Waals surface area contributed by atoms with E-state index in [-0.39, 0.29) is 5.91 Å². The molecule has 2 aromatic carbocycles. The van der Waals surface area contributed by atoms with Crippen molar-refractivity contribution in [3.05, 3.63) is 78.6 Å². The summed E-state index contributed by atoms with van der Waals surface area (Å²) in [6, 6.07) is 19.2. The summed E-state index contributed by atoms with van der Waals surface area (Å²) in [7, 11) is 1.62. The number of nitrogens with one attached hydrogen (secondary N) is 1. The molecular formula is C19H18N2O2. The summed E-state index contributed by atoms with van der Waals surface area (Å²) < 4.78 is 7.13. The van der Waals surface area contributed by atoms with Gasteiger partial charge in [-0.2, -0.15) is 0 Å². The zero-order chi connectivity index (χ0) is 16.1. The second-order valence-corrected chi connectivity index (χ2v) is 5.21. The van der Waals surface area contributed by atoms with Crippen LogP contribution in [0.2, 0.25) is 0 Å². The van der Waals surface area contributed by atoms with Crippen LogP contribution in [-0.2, 0) is 11.2 Å². The molecule has 4 heteroatoms. The molecule has 116 valence electrons. The van der Waals surface area contributed by atoms with Crippen molar-refractivity contribution in [1.82, 2.24) is 4.57 Å². The summed E-state index contributed by atoms with van der Waals surface area (Å²) in [6.45, 7) is 0. The Bertz CT molecular complexity index is 760. The van der Waals surface area contributed by atoms with Crippen molar-refractivity contribution in [2.75, 3.05) is 12.4 Å². The minimum absolute atomic E-state index is 0.0381. The lowest BCUT2D eigenvalue weighted by atomic mass is 10.1. The van der Waals surface area contributed by atoms with E-state index in [0.29, 0.717) is 6.42 Å². The second-order valence-electron chi connectivity index (χ2n) is 5.21. The number of carbonyl (C=O) groups is 1. The van der Waals surface area contributed by atoms with Crippen LogP contribution in [0.1, 0.15) is 5.56 Å². The molecule has 4 nitrogen and oxygen atoms in total. The lowest BCUT2D eigenvalue weighted by Crippen LogP contribution is -2.14. The van der Waals surface area contributed by atoms with E-state index in [1.54, 1.807) is 7.11 Å². The summed E-state index contributed by atoms with van der Waals surface area (Å²) >= 11 is 0. The third kappa shape index (κ3) is 3.80. The molecule has 0 aliphatic heterocycles. The molecule has 1 aromatic heterocycles. The third-order valence-corrected chi connectivity index (χ3v) is 3.58. The van der Waals surface area contributed by atoms with Crippen LogP contribution in [-0.4, -0.2) is 17.6 Å². The van der Waals surface area contributed by atoms with Crippen molar-refractivity contribution in [1.29, 1.82) is 0 Å². The first-order chi connectivity index (χ1) is 11.2. The summed E-state index contributed by atoms with van der Waals surface area (Å²) in [5.74, 6) is 0.749. The number of hydrogen-bond acceptors (Lipinski definition) is 2. The Balaban J connectivity index is 1.61. The Morgan fingerprint density at radius 3 is 2.26 bits per heavy atom. The lowest BCUT2D eigenvalue weighted by Gasteiger charge is -2.08. The molecule has 3 aromatic rings. The van der Waals surface area contributed by atoms with Crippen LogP contribution in [0.25, 0.3) is 5.69 Å². The molecule has 0 spiro atoms. The molecule has 0 atom stereocenters. The molecule has 1 amide bonds. The van der Waals surface area contributed by atoms with Crippen molar-refractivity contribution in [2.45, 2.75) is 6.42 Å². The zero-order valence-electron chi connectivity index (χ0n) is 12.9. The number of nitrogens with zero attached hydrogens (tertiary/aromatic N) is 1. The van der Waals surface area contributed by atoms with Crippen molar-refractivity contribution < 1.29 is 9.53 Å². The van der Waals surface area contributed by atoms with Gasteiger partial charge < -0.3 is 14.6 Å². The van der Waals surface area contributed by atoms with Gasteiger partial charge in [-0.05, 0) is 54.1 Å². The third-order valence-electron chi connectivity index (χ3n) is 3.58. The van der Waals surface area contributed by atoms with E-state index in [1.807, 2.05) is 77.6 Å². The van der Waals surface area contributed by atoms with Gasteiger partial charge >= 0.3 is 0 Å². The van der Waals surface area contributed by atoms with E-state index < -0.39 is 0 Å². The highest BCUT2D eigenvalue weighted by Gasteiger charge is 2.05. The Labute approximate surface area is 135 Å². The Morgan fingerprint density at radius 1 is 1.00 bits per heavy atom. The first kappa shape index (κ1) is 14.9. The highest BCUT2D eigenvalue weighted by atomic mass is 16.5. The minimum atomic E-state index is -0.0381. The molecule has 23 heavy (non-hydrogen) atoms. The number of anilines is 1. The molecular weight excluding hydrogens is 288 g/mol. The van der Waals surface area contributed by atoms with Gasteiger partial charge in [-0.25, -0.2) is 0 Å². The monoisotopic (exact) mass is 306 g/mol. The van der Waals surface area contributed by atoms with E-state index in [1.165, 1.54) is 0 Å². The van der Waals surface area contributed by atoms with Gasteiger partial charge in [0.25, 0.3) is 0 Å². The normalized spacial score (nSPS) is 10.3. The molecule has 0 bridgehead atoms. The van der Waals surface area contributed by atoms with E-state index in [2.05, 4.69) is 5.32 Å². The second kappa shape index (κ2) is 6.83. The molecule has 0 fully saturated rings.